The molecule has 0 saturated carbocycles. The highest BCUT2D eigenvalue weighted by Gasteiger charge is 2.29. The molecule has 5 heteroatoms. The van der Waals surface area contributed by atoms with E-state index in [-0.39, 0.29) is 17.9 Å². The summed E-state index contributed by atoms with van der Waals surface area (Å²) in [4.78, 5) is 25.6. The summed E-state index contributed by atoms with van der Waals surface area (Å²) in [6, 6.07) is 7.80. The summed E-state index contributed by atoms with van der Waals surface area (Å²) in [6.45, 7) is 3.14. The Kier molecular flexibility index (Phi) is 5.20. The molecule has 1 aliphatic heterocycles. The molecule has 2 rings (SSSR count). The van der Waals surface area contributed by atoms with Gasteiger partial charge in [-0.05, 0) is 30.9 Å². The Morgan fingerprint density at radius 1 is 1.38 bits per heavy atom. The molecule has 1 heterocycles. The van der Waals surface area contributed by atoms with Crippen LogP contribution in [0.1, 0.15) is 25.3 Å². The molecule has 1 aromatic rings. The van der Waals surface area contributed by atoms with Crippen LogP contribution in [0.3, 0.4) is 0 Å². The average Bonchev–Trinajstić information content (AvgIpc) is 2.54. The number of aryl methyl sites for hydroxylation is 1. The van der Waals surface area contributed by atoms with Gasteiger partial charge in [-0.25, -0.2) is 4.79 Å². The zero-order valence-corrected chi connectivity index (χ0v) is 12.6. The van der Waals surface area contributed by atoms with E-state index in [0.29, 0.717) is 13.1 Å². The molecule has 0 spiro atoms. The molecular formula is C16H22N2O3. The van der Waals surface area contributed by atoms with Crippen LogP contribution < -0.4 is 5.32 Å². The van der Waals surface area contributed by atoms with Crippen LogP contribution in [0.2, 0.25) is 0 Å². The number of ether oxygens (including phenoxy) is 1. The Morgan fingerprint density at radius 3 is 2.86 bits per heavy atom. The summed E-state index contributed by atoms with van der Waals surface area (Å²) in [5.41, 5.74) is 1.98. The standard InChI is InChI=1S/C16H22N2O3/c1-3-12-7-4-5-9-14(12)17-15(19)13-8-6-10-18(11-13)16(20)21-2/h4-5,7,9,13H,3,6,8,10-11H2,1-2H3,(H,17,19). The smallest absolute Gasteiger partial charge is 0.409 e. The van der Waals surface area contributed by atoms with Gasteiger partial charge in [0.05, 0.1) is 13.0 Å². The first-order valence-electron chi connectivity index (χ1n) is 7.37. The Hall–Kier alpha value is -2.04. The number of hydrogen-bond acceptors (Lipinski definition) is 3. The Morgan fingerprint density at radius 2 is 2.14 bits per heavy atom. The summed E-state index contributed by atoms with van der Waals surface area (Å²) >= 11 is 0. The number of methoxy groups -OCH3 is 1. The molecule has 0 aliphatic carbocycles. The molecule has 1 aliphatic rings. The van der Waals surface area contributed by atoms with Gasteiger partial charge < -0.3 is 15.0 Å². The fourth-order valence-corrected chi connectivity index (χ4v) is 2.67. The van der Waals surface area contributed by atoms with Gasteiger partial charge in [0.15, 0.2) is 0 Å². The van der Waals surface area contributed by atoms with Crippen molar-refractivity contribution in [3.05, 3.63) is 29.8 Å². The number of carbonyl (C=O) groups is 2. The van der Waals surface area contributed by atoms with Crippen LogP contribution in [-0.4, -0.2) is 37.1 Å². The number of likely N-dealkylation sites (tertiary alicyclic amines) is 1. The van der Waals surface area contributed by atoms with Gasteiger partial charge in [0, 0.05) is 18.8 Å². The van der Waals surface area contributed by atoms with Gasteiger partial charge in [0.1, 0.15) is 0 Å². The third-order valence-corrected chi connectivity index (χ3v) is 3.88. The molecule has 2 amide bonds. The van der Waals surface area contributed by atoms with Crippen LogP contribution in [-0.2, 0) is 16.0 Å². The van der Waals surface area contributed by atoms with Gasteiger partial charge >= 0.3 is 6.09 Å². The first-order valence-corrected chi connectivity index (χ1v) is 7.37. The highest BCUT2D eigenvalue weighted by atomic mass is 16.5. The summed E-state index contributed by atoms with van der Waals surface area (Å²) < 4.78 is 4.73. The Balaban J connectivity index is 2.01. The number of rotatable bonds is 3. The summed E-state index contributed by atoms with van der Waals surface area (Å²) in [5, 5.41) is 2.99. The second kappa shape index (κ2) is 7.11. The first kappa shape index (κ1) is 15.4. The predicted octanol–water partition coefficient (Wildman–Crippen LogP) is 2.67. The van der Waals surface area contributed by atoms with Crippen molar-refractivity contribution in [2.75, 3.05) is 25.5 Å². The van der Waals surface area contributed by atoms with Gasteiger partial charge in [0.25, 0.3) is 0 Å². The zero-order valence-electron chi connectivity index (χ0n) is 12.6. The van der Waals surface area contributed by atoms with Crippen LogP contribution in [0.15, 0.2) is 24.3 Å². The maximum Gasteiger partial charge on any atom is 0.409 e. The molecule has 0 bridgehead atoms. The van der Waals surface area contributed by atoms with E-state index in [2.05, 4.69) is 12.2 Å². The van der Waals surface area contributed by atoms with Crippen LogP contribution in [0.4, 0.5) is 10.5 Å². The van der Waals surface area contributed by atoms with E-state index in [1.807, 2.05) is 24.3 Å². The molecule has 0 radical (unpaired) electrons. The van der Waals surface area contributed by atoms with Crippen molar-refractivity contribution in [2.45, 2.75) is 26.2 Å². The summed E-state index contributed by atoms with van der Waals surface area (Å²) in [7, 11) is 1.36. The lowest BCUT2D eigenvalue weighted by molar-refractivity contribution is -0.121. The highest BCUT2D eigenvalue weighted by Crippen LogP contribution is 2.21. The largest absolute Gasteiger partial charge is 0.453 e. The van der Waals surface area contributed by atoms with Gasteiger partial charge in [-0.3, -0.25) is 4.79 Å². The maximum atomic E-state index is 12.4. The normalized spacial score (nSPS) is 18.2. The third-order valence-electron chi connectivity index (χ3n) is 3.88. The lowest BCUT2D eigenvalue weighted by atomic mass is 9.97. The van der Waals surface area contributed by atoms with Crippen molar-refractivity contribution in [2.24, 2.45) is 5.92 Å². The van der Waals surface area contributed by atoms with Crippen molar-refractivity contribution in [3.8, 4) is 0 Å². The van der Waals surface area contributed by atoms with E-state index in [9.17, 15) is 9.59 Å². The molecule has 1 N–H and O–H groups in total. The van der Waals surface area contributed by atoms with Crippen LogP contribution in [0, 0.1) is 5.92 Å². The highest BCUT2D eigenvalue weighted by molar-refractivity contribution is 5.93. The van der Waals surface area contributed by atoms with Gasteiger partial charge in [-0.2, -0.15) is 0 Å². The van der Waals surface area contributed by atoms with Crippen molar-refractivity contribution in [3.63, 3.8) is 0 Å². The summed E-state index contributed by atoms with van der Waals surface area (Å²) in [6.07, 6.45) is 2.13. The molecule has 1 saturated heterocycles. The van der Waals surface area contributed by atoms with E-state index in [0.717, 1.165) is 30.5 Å². The van der Waals surface area contributed by atoms with Crippen LogP contribution in [0.25, 0.3) is 0 Å². The number of nitrogens with zero attached hydrogens (tertiary/aromatic N) is 1. The number of amides is 2. The van der Waals surface area contributed by atoms with E-state index < -0.39 is 0 Å². The van der Waals surface area contributed by atoms with Crippen molar-refractivity contribution in [1.82, 2.24) is 4.90 Å². The van der Waals surface area contributed by atoms with Crippen molar-refractivity contribution in [1.29, 1.82) is 0 Å². The number of nitrogens with one attached hydrogen (secondary N) is 1. The van der Waals surface area contributed by atoms with E-state index in [1.165, 1.54) is 7.11 Å². The molecule has 114 valence electrons. The van der Waals surface area contributed by atoms with Gasteiger partial charge in [-0.15, -0.1) is 0 Å². The predicted molar refractivity (Wildman–Crippen MR) is 81.2 cm³/mol. The quantitative estimate of drug-likeness (QED) is 0.931. The SMILES string of the molecule is CCc1ccccc1NC(=O)C1CCCN(C(=O)OC)C1. The van der Waals surface area contributed by atoms with E-state index >= 15 is 0 Å². The molecule has 1 unspecified atom stereocenters. The van der Waals surface area contributed by atoms with Crippen LogP contribution >= 0.6 is 0 Å². The van der Waals surface area contributed by atoms with Crippen LogP contribution in [0.5, 0.6) is 0 Å². The zero-order chi connectivity index (χ0) is 15.2. The minimum atomic E-state index is -0.360. The number of hydrogen-bond donors (Lipinski definition) is 1. The lowest BCUT2D eigenvalue weighted by Crippen LogP contribution is -2.43. The minimum Gasteiger partial charge on any atom is -0.453 e. The molecular weight excluding hydrogens is 268 g/mol. The third kappa shape index (κ3) is 3.74. The van der Waals surface area contributed by atoms with Gasteiger partial charge in [-0.1, -0.05) is 25.1 Å². The van der Waals surface area contributed by atoms with Gasteiger partial charge in [0.2, 0.25) is 5.91 Å². The maximum absolute atomic E-state index is 12.4. The summed E-state index contributed by atoms with van der Waals surface area (Å²) in [5.74, 6) is -0.202. The lowest BCUT2D eigenvalue weighted by Gasteiger charge is -2.31. The number of anilines is 1. The second-order valence-corrected chi connectivity index (χ2v) is 5.26. The topological polar surface area (TPSA) is 58.6 Å². The van der Waals surface area contributed by atoms with E-state index in [1.54, 1.807) is 4.90 Å². The number of piperidine rings is 1. The number of carbonyl (C=O) groups excluding carboxylic acids is 2. The molecule has 21 heavy (non-hydrogen) atoms. The van der Waals surface area contributed by atoms with Crippen molar-refractivity contribution < 1.29 is 14.3 Å². The minimum absolute atomic E-state index is 0.0236. The fraction of sp³-hybridized carbons (Fsp3) is 0.500. The monoisotopic (exact) mass is 290 g/mol. The average molecular weight is 290 g/mol. The molecule has 1 fully saturated rings. The molecule has 1 atom stereocenters. The number of para-hydroxylation sites is 1. The van der Waals surface area contributed by atoms with Crippen molar-refractivity contribution >= 4 is 17.7 Å². The first-order chi connectivity index (χ1) is 10.2. The second-order valence-electron chi connectivity index (χ2n) is 5.26. The Labute approximate surface area is 125 Å². The molecule has 0 aromatic heterocycles. The van der Waals surface area contributed by atoms with E-state index in [4.69, 9.17) is 4.74 Å². The number of benzene rings is 1. The molecule has 5 nitrogen and oxygen atoms in total. The Bertz CT molecular complexity index is 516. The fourth-order valence-electron chi connectivity index (χ4n) is 2.67. The molecule has 1 aromatic carbocycles.